The number of aromatic nitrogens is 2. The van der Waals surface area contributed by atoms with Crippen LogP contribution in [0.15, 0.2) is 18.5 Å². The van der Waals surface area contributed by atoms with E-state index in [4.69, 9.17) is 9.47 Å². The lowest BCUT2D eigenvalue weighted by atomic mass is 10.2. The van der Waals surface area contributed by atoms with Crippen molar-refractivity contribution in [2.45, 2.75) is 26.3 Å². The minimum atomic E-state index is 0.511. The molecule has 0 saturated heterocycles. The van der Waals surface area contributed by atoms with E-state index in [0.29, 0.717) is 17.5 Å². The minimum Gasteiger partial charge on any atom is -0.493 e. The lowest BCUT2D eigenvalue weighted by Crippen LogP contribution is -2.25. The Morgan fingerprint density at radius 3 is 2.45 bits per heavy atom. The smallest absolute Gasteiger partial charge is 0.162 e. The molecule has 0 aliphatic rings. The molecule has 22 heavy (non-hydrogen) atoms. The van der Waals surface area contributed by atoms with Crippen LogP contribution in [0.2, 0.25) is 0 Å². The van der Waals surface area contributed by atoms with Gasteiger partial charge in [-0.1, -0.05) is 13.8 Å². The highest BCUT2D eigenvalue weighted by Gasteiger charge is 2.10. The highest BCUT2D eigenvalue weighted by molar-refractivity contribution is 5.91. The molecule has 120 valence electrons. The number of ether oxygens (including phenoxy) is 2. The summed E-state index contributed by atoms with van der Waals surface area (Å²) in [5, 5.41) is 7.68. The Kier molecular flexibility index (Phi) is 5.77. The number of fused-ring (bicyclic) bond motifs is 1. The van der Waals surface area contributed by atoms with Crippen LogP contribution >= 0.6 is 0 Å². The molecule has 0 bridgehead atoms. The van der Waals surface area contributed by atoms with Gasteiger partial charge in [0.1, 0.15) is 12.1 Å². The maximum Gasteiger partial charge on any atom is 0.162 e. The summed E-state index contributed by atoms with van der Waals surface area (Å²) in [5.41, 5.74) is 0.829. The van der Waals surface area contributed by atoms with Gasteiger partial charge < -0.3 is 20.1 Å². The zero-order valence-corrected chi connectivity index (χ0v) is 13.6. The fraction of sp³-hybridized carbons (Fsp3) is 0.500. The van der Waals surface area contributed by atoms with Crippen molar-refractivity contribution in [3.05, 3.63) is 18.5 Å². The molecule has 0 fully saturated rings. The zero-order valence-electron chi connectivity index (χ0n) is 13.6. The summed E-state index contributed by atoms with van der Waals surface area (Å²) in [7, 11) is 3.24. The van der Waals surface area contributed by atoms with Crippen molar-refractivity contribution >= 4 is 16.7 Å². The van der Waals surface area contributed by atoms with Gasteiger partial charge in [-0.25, -0.2) is 9.97 Å². The molecule has 6 nitrogen and oxygen atoms in total. The third-order valence-electron chi connectivity index (χ3n) is 3.34. The van der Waals surface area contributed by atoms with Crippen molar-refractivity contribution in [1.82, 2.24) is 15.3 Å². The van der Waals surface area contributed by atoms with Gasteiger partial charge in [0.15, 0.2) is 11.5 Å². The Bertz CT molecular complexity index is 616. The highest BCUT2D eigenvalue weighted by atomic mass is 16.5. The van der Waals surface area contributed by atoms with Gasteiger partial charge in [-0.05, 0) is 19.0 Å². The van der Waals surface area contributed by atoms with Crippen LogP contribution in [0.1, 0.15) is 20.3 Å². The molecule has 2 N–H and O–H groups in total. The fourth-order valence-corrected chi connectivity index (χ4v) is 2.21. The molecule has 0 unspecified atom stereocenters. The van der Waals surface area contributed by atoms with Crippen LogP contribution in [-0.2, 0) is 0 Å². The number of nitrogens with one attached hydrogen (secondary N) is 2. The maximum absolute atomic E-state index is 5.35. The molecule has 0 aliphatic carbocycles. The van der Waals surface area contributed by atoms with Crippen LogP contribution in [0.4, 0.5) is 5.82 Å². The fourth-order valence-electron chi connectivity index (χ4n) is 2.21. The van der Waals surface area contributed by atoms with E-state index in [-0.39, 0.29) is 0 Å². The van der Waals surface area contributed by atoms with E-state index in [1.54, 1.807) is 20.5 Å². The van der Waals surface area contributed by atoms with E-state index >= 15 is 0 Å². The number of rotatable bonds is 8. The molecule has 0 amide bonds. The second kappa shape index (κ2) is 7.79. The van der Waals surface area contributed by atoms with Gasteiger partial charge in [-0.15, -0.1) is 0 Å². The molecule has 2 aromatic rings. The van der Waals surface area contributed by atoms with E-state index in [1.807, 2.05) is 12.1 Å². The van der Waals surface area contributed by atoms with E-state index in [9.17, 15) is 0 Å². The molecule has 1 aromatic carbocycles. The Balaban J connectivity index is 2.12. The van der Waals surface area contributed by atoms with Gasteiger partial charge in [0.25, 0.3) is 0 Å². The van der Waals surface area contributed by atoms with E-state index in [0.717, 1.165) is 36.2 Å². The minimum absolute atomic E-state index is 0.511. The molecule has 2 rings (SSSR count). The summed E-state index contributed by atoms with van der Waals surface area (Å²) in [4.78, 5) is 8.63. The summed E-state index contributed by atoms with van der Waals surface area (Å²) in [5.74, 6) is 2.16. The van der Waals surface area contributed by atoms with E-state index in [1.165, 1.54) is 0 Å². The van der Waals surface area contributed by atoms with Gasteiger partial charge in [0.05, 0.1) is 19.7 Å². The van der Waals surface area contributed by atoms with Gasteiger partial charge >= 0.3 is 0 Å². The summed E-state index contributed by atoms with van der Waals surface area (Å²) in [6.07, 6.45) is 2.58. The molecule has 0 saturated carbocycles. The van der Waals surface area contributed by atoms with Crippen LogP contribution in [-0.4, -0.2) is 43.3 Å². The molecule has 0 atom stereocenters. The first-order valence-corrected chi connectivity index (χ1v) is 7.49. The van der Waals surface area contributed by atoms with E-state index in [2.05, 4.69) is 34.4 Å². The topological polar surface area (TPSA) is 68.3 Å². The Hall–Kier alpha value is -2.08. The quantitative estimate of drug-likeness (QED) is 0.730. The van der Waals surface area contributed by atoms with Crippen LogP contribution in [0.3, 0.4) is 0 Å². The summed E-state index contributed by atoms with van der Waals surface area (Å²) < 4.78 is 10.7. The van der Waals surface area contributed by atoms with Gasteiger partial charge in [0, 0.05) is 24.0 Å². The normalized spacial score (nSPS) is 11.0. The molecule has 1 aromatic heterocycles. The Labute approximate surface area is 131 Å². The third-order valence-corrected chi connectivity index (χ3v) is 3.34. The van der Waals surface area contributed by atoms with Crippen molar-refractivity contribution in [1.29, 1.82) is 0 Å². The average Bonchev–Trinajstić information content (AvgIpc) is 2.53. The van der Waals surface area contributed by atoms with Gasteiger partial charge in [-0.2, -0.15) is 0 Å². The molecule has 1 heterocycles. The monoisotopic (exact) mass is 304 g/mol. The summed E-state index contributed by atoms with van der Waals surface area (Å²) in [6, 6.07) is 4.28. The number of benzene rings is 1. The maximum atomic E-state index is 5.35. The zero-order chi connectivity index (χ0) is 15.9. The first-order chi connectivity index (χ1) is 10.7. The molecule has 0 radical (unpaired) electrons. The SMILES string of the molecule is COc1cc2ncnc(NCCCNC(C)C)c2cc1OC. The molecule has 0 aliphatic heterocycles. The second-order valence-corrected chi connectivity index (χ2v) is 5.34. The predicted molar refractivity (Wildman–Crippen MR) is 88.9 cm³/mol. The van der Waals surface area contributed by atoms with Crippen LogP contribution < -0.4 is 20.1 Å². The lowest BCUT2D eigenvalue weighted by Gasteiger charge is -2.12. The van der Waals surface area contributed by atoms with Crippen molar-refractivity contribution in [3.63, 3.8) is 0 Å². The standard InChI is InChI=1S/C16H24N4O2/c1-11(2)17-6-5-7-18-16-12-8-14(21-3)15(22-4)9-13(12)19-10-20-16/h8-11,17H,5-7H2,1-4H3,(H,18,19,20). The largest absolute Gasteiger partial charge is 0.493 e. The number of methoxy groups -OCH3 is 2. The van der Waals surface area contributed by atoms with Crippen LogP contribution in [0.25, 0.3) is 10.9 Å². The lowest BCUT2D eigenvalue weighted by molar-refractivity contribution is 0.356. The number of nitrogens with zero attached hydrogens (tertiary/aromatic N) is 2. The first kappa shape index (κ1) is 16.3. The number of hydrogen-bond acceptors (Lipinski definition) is 6. The highest BCUT2D eigenvalue weighted by Crippen LogP contribution is 2.33. The molecule has 0 spiro atoms. The van der Waals surface area contributed by atoms with Gasteiger partial charge in [0.2, 0.25) is 0 Å². The second-order valence-electron chi connectivity index (χ2n) is 5.34. The molecular weight excluding hydrogens is 280 g/mol. The number of anilines is 1. The molecule has 6 heteroatoms. The Morgan fingerprint density at radius 1 is 1.05 bits per heavy atom. The Morgan fingerprint density at radius 2 is 1.77 bits per heavy atom. The van der Waals surface area contributed by atoms with Crippen molar-refractivity contribution in [3.8, 4) is 11.5 Å². The van der Waals surface area contributed by atoms with Gasteiger partial charge in [-0.3, -0.25) is 0 Å². The van der Waals surface area contributed by atoms with Crippen molar-refractivity contribution in [2.24, 2.45) is 0 Å². The average molecular weight is 304 g/mol. The third kappa shape index (κ3) is 3.98. The van der Waals surface area contributed by atoms with E-state index < -0.39 is 0 Å². The predicted octanol–water partition coefficient (Wildman–Crippen LogP) is 2.45. The van der Waals surface area contributed by atoms with Crippen LogP contribution in [0.5, 0.6) is 11.5 Å². The first-order valence-electron chi connectivity index (χ1n) is 7.49. The molecular formula is C16H24N4O2. The van der Waals surface area contributed by atoms with Crippen LogP contribution in [0, 0.1) is 0 Å². The summed E-state index contributed by atoms with van der Waals surface area (Å²) >= 11 is 0. The van der Waals surface area contributed by atoms with Crippen molar-refractivity contribution in [2.75, 3.05) is 32.6 Å². The summed E-state index contributed by atoms with van der Waals surface area (Å²) in [6.45, 7) is 6.11. The number of hydrogen-bond donors (Lipinski definition) is 2. The van der Waals surface area contributed by atoms with Crippen molar-refractivity contribution < 1.29 is 9.47 Å².